The Bertz CT molecular complexity index is 424. The molecule has 1 aliphatic heterocycles. The van der Waals surface area contributed by atoms with Crippen LogP contribution in [0.5, 0.6) is 6.01 Å². The van der Waals surface area contributed by atoms with Gasteiger partial charge in [0.1, 0.15) is 0 Å². The van der Waals surface area contributed by atoms with E-state index in [4.69, 9.17) is 4.74 Å². The van der Waals surface area contributed by atoms with Gasteiger partial charge >= 0.3 is 0 Å². The molecule has 1 aliphatic rings. The van der Waals surface area contributed by atoms with Crippen LogP contribution in [0.4, 0.5) is 0 Å². The first-order chi connectivity index (χ1) is 7.70. The molecule has 2 heterocycles. The second-order valence-corrected chi connectivity index (χ2v) is 4.19. The highest BCUT2D eigenvalue weighted by molar-refractivity contribution is 5.06. The van der Waals surface area contributed by atoms with Crippen LogP contribution >= 0.6 is 0 Å². The third-order valence-electron chi connectivity index (χ3n) is 2.91. The zero-order chi connectivity index (χ0) is 11.5. The maximum atomic E-state index is 11.8. The summed E-state index contributed by atoms with van der Waals surface area (Å²) in [7, 11) is 1.54. The summed E-state index contributed by atoms with van der Waals surface area (Å²) in [5, 5.41) is 3.22. The fourth-order valence-electron chi connectivity index (χ4n) is 1.82. The van der Waals surface area contributed by atoms with E-state index in [0.717, 1.165) is 19.5 Å². The fraction of sp³-hybridized carbons (Fsp3) is 0.636. The minimum absolute atomic E-state index is 0.0309. The molecule has 0 saturated carbocycles. The van der Waals surface area contributed by atoms with Crippen LogP contribution in [0, 0.1) is 12.8 Å². The van der Waals surface area contributed by atoms with Gasteiger partial charge < -0.3 is 10.1 Å². The van der Waals surface area contributed by atoms with E-state index < -0.39 is 0 Å². The van der Waals surface area contributed by atoms with Gasteiger partial charge in [-0.2, -0.15) is 0 Å². The highest BCUT2D eigenvalue weighted by Gasteiger charge is 2.17. The Kier molecular flexibility index (Phi) is 3.24. The van der Waals surface area contributed by atoms with Gasteiger partial charge in [-0.25, -0.2) is 4.98 Å². The van der Waals surface area contributed by atoms with Crippen molar-refractivity contribution in [2.24, 2.45) is 5.92 Å². The molecule has 0 radical (unpaired) electrons. The van der Waals surface area contributed by atoms with Crippen LogP contribution in [0.15, 0.2) is 10.9 Å². The molecule has 2 rings (SSSR count). The second-order valence-electron chi connectivity index (χ2n) is 4.19. The summed E-state index contributed by atoms with van der Waals surface area (Å²) in [4.78, 5) is 16.0. The molecule has 0 amide bonds. The fourth-order valence-corrected chi connectivity index (χ4v) is 1.82. The average Bonchev–Trinajstić information content (AvgIpc) is 2.17. The number of rotatable bonds is 4. The summed E-state index contributed by atoms with van der Waals surface area (Å²) in [5.74, 6) is 0.679. The molecule has 1 saturated heterocycles. The molecule has 0 unspecified atom stereocenters. The molecule has 5 nitrogen and oxygen atoms in total. The third-order valence-corrected chi connectivity index (χ3v) is 2.91. The van der Waals surface area contributed by atoms with E-state index in [1.54, 1.807) is 24.7 Å². The number of aryl methyl sites for hydroxylation is 1. The standard InChI is InChI=1S/C11H17N3O2/c1-8-5-10(15)14(11(13-8)16-2)4-3-9-6-12-7-9/h5,9,12H,3-4,6-7H2,1-2H3. The molecule has 0 aromatic carbocycles. The predicted molar refractivity (Wildman–Crippen MR) is 60.8 cm³/mol. The van der Waals surface area contributed by atoms with E-state index in [2.05, 4.69) is 10.3 Å². The summed E-state index contributed by atoms with van der Waals surface area (Å²) >= 11 is 0. The quantitative estimate of drug-likeness (QED) is 0.790. The Morgan fingerprint density at radius 1 is 1.62 bits per heavy atom. The summed E-state index contributed by atoms with van der Waals surface area (Å²) < 4.78 is 6.73. The Morgan fingerprint density at radius 2 is 2.38 bits per heavy atom. The third kappa shape index (κ3) is 2.24. The molecule has 1 N–H and O–H groups in total. The summed E-state index contributed by atoms with van der Waals surface area (Å²) in [5.41, 5.74) is 0.667. The normalized spacial score (nSPS) is 15.9. The van der Waals surface area contributed by atoms with Gasteiger partial charge in [0.25, 0.3) is 11.6 Å². The van der Waals surface area contributed by atoms with Crippen LogP contribution in [0.25, 0.3) is 0 Å². The Morgan fingerprint density at radius 3 is 2.94 bits per heavy atom. The van der Waals surface area contributed by atoms with Gasteiger partial charge in [0, 0.05) is 18.3 Å². The van der Waals surface area contributed by atoms with Crippen molar-refractivity contribution in [3.05, 3.63) is 22.1 Å². The molecule has 0 aliphatic carbocycles. The summed E-state index contributed by atoms with van der Waals surface area (Å²) in [6.45, 7) is 4.58. The van der Waals surface area contributed by atoms with Crippen molar-refractivity contribution in [1.82, 2.24) is 14.9 Å². The van der Waals surface area contributed by atoms with E-state index >= 15 is 0 Å². The summed E-state index contributed by atoms with van der Waals surface area (Å²) in [6.07, 6.45) is 0.994. The molecule has 0 bridgehead atoms. The van der Waals surface area contributed by atoms with E-state index in [-0.39, 0.29) is 5.56 Å². The lowest BCUT2D eigenvalue weighted by atomic mass is 10.00. The smallest absolute Gasteiger partial charge is 0.299 e. The number of hydrogen-bond acceptors (Lipinski definition) is 4. The molecule has 16 heavy (non-hydrogen) atoms. The van der Waals surface area contributed by atoms with Crippen LogP contribution in [0.3, 0.4) is 0 Å². The molecule has 1 fully saturated rings. The molecule has 88 valence electrons. The zero-order valence-corrected chi connectivity index (χ0v) is 9.69. The Balaban J connectivity index is 2.14. The SMILES string of the molecule is COc1nc(C)cc(=O)n1CCC1CNC1. The van der Waals surface area contributed by atoms with Crippen LogP contribution in [0.2, 0.25) is 0 Å². The van der Waals surface area contributed by atoms with Crippen LogP contribution < -0.4 is 15.6 Å². The van der Waals surface area contributed by atoms with E-state index in [1.807, 2.05) is 0 Å². The highest BCUT2D eigenvalue weighted by atomic mass is 16.5. The molecular formula is C11H17N3O2. The molecule has 0 atom stereocenters. The number of hydrogen-bond donors (Lipinski definition) is 1. The topological polar surface area (TPSA) is 56.1 Å². The molecule has 1 aromatic rings. The van der Waals surface area contributed by atoms with Gasteiger partial charge in [0.05, 0.1) is 7.11 Å². The molecule has 0 spiro atoms. The summed E-state index contributed by atoms with van der Waals surface area (Å²) in [6, 6.07) is 1.96. The van der Waals surface area contributed by atoms with Gasteiger partial charge in [0.15, 0.2) is 0 Å². The van der Waals surface area contributed by atoms with Crippen molar-refractivity contribution in [2.45, 2.75) is 19.9 Å². The minimum Gasteiger partial charge on any atom is -0.468 e. The van der Waals surface area contributed by atoms with E-state index in [0.29, 0.717) is 24.2 Å². The number of aromatic nitrogens is 2. The highest BCUT2D eigenvalue weighted by Crippen LogP contribution is 2.12. The predicted octanol–water partition coefficient (Wildman–Crippen LogP) is 0.170. The first kappa shape index (κ1) is 11.1. The van der Waals surface area contributed by atoms with Gasteiger partial charge in [-0.15, -0.1) is 0 Å². The van der Waals surface area contributed by atoms with Gasteiger partial charge in [-0.05, 0) is 32.4 Å². The van der Waals surface area contributed by atoms with Crippen LogP contribution in [0.1, 0.15) is 12.1 Å². The molecular weight excluding hydrogens is 206 g/mol. The van der Waals surface area contributed by atoms with Crippen molar-refractivity contribution in [3.8, 4) is 6.01 Å². The number of nitrogens with one attached hydrogen (secondary N) is 1. The maximum Gasteiger partial charge on any atom is 0.299 e. The van der Waals surface area contributed by atoms with Crippen molar-refractivity contribution >= 4 is 0 Å². The van der Waals surface area contributed by atoms with Crippen LogP contribution in [-0.4, -0.2) is 29.8 Å². The lowest BCUT2D eigenvalue weighted by Gasteiger charge is -2.27. The molecule has 1 aromatic heterocycles. The largest absolute Gasteiger partial charge is 0.468 e. The van der Waals surface area contributed by atoms with E-state index in [9.17, 15) is 4.79 Å². The average molecular weight is 223 g/mol. The Hall–Kier alpha value is -1.36. The lowest BCUT2D eigenvalue weighted by Crippen LogP contribution is -2.42. The van der Waals surface area contributed by atoms with Gasteiger partial charge in [-0.1, -0.05) is 0 Å². The van der Waals surface area contributed by atoms with Crippen molar-refractivity contribution in [1.29, 1.82) is 0 Å². The van der Waals surface area contributed by atoms with Crippen molar-refractivity contribution in [2.75, 3.05) is 20.2 Å². The minimum atomic E-state index is -0.0309. The zero-order valence-electron chi connectivity index (χ0n) is 9.69. The first-order valence-electron chi connectivity index (χ1n) is 5.54. The number of ether oxygens (including phenoxy) is 1. The number of methoxy groups -OCH3 is 1. The van der Waals surface area contributed by atoms with Gasteiger partial charge in [0.2, 0.25) is 0 Å². The Labute approximate surface area is 94.5 Å². The van der Waals surface area contributed by atoms with Crippen LogP contribution in [-0.2, 0) is 6.54 Å². The second kappa shape index (κ2) is 4.65. The van der Waals surface area contributed by atoms with Crippen molar-refractivity contribution in [3.63, 3.8) is 0 Å². The van der Waals surface area contributed by atoms with Crippen molar-refractivity contribution < 1.29 is 4.74 Å². The molecule has 5 heteroatoms. The first-order valence-corrected chi connectivity index (χ1v) is 5.54. The number of nitrogens with zero attached hydrogens (tertiary/aromatic N) is 2. The lowest BCUT2D eigenvalue weighted by molar-refractivity contribution is 0.290. The monoisotopic (exact) mass is 223 g/mol. The van der Waals surface area contributed by atoms with Gasteiger partial charge in [-0.3, -0.25) is 9.36 Å². The van der Waals surface area contributed by atoms with E-state index in [1.165, 1.54) is 0 Å². The maximum absolute atomic E-state index is 11.8.